The number of nitrogens with one attached hydrogen (secondary N) is 1. The van der Waals surface area contributed by atoms with Gasteiger partial charge in [0.05, 0.1) is 19.3 Å². The predicted molar refractivity (Wildman–Crippen MR) is 64.5 cm³/mol. The van der Waals surface area contributed by atoms with Crippen molar-refractivity contribution >= 4 is 0 Å². The summed E-state index contributed by atoms with van der Waals surface area (Å²) >= 11 is 0. The first kappa shape index (κ1) is 11.8. The molecule has 2 aromatic heterocycles. The van der Waals surface area contributed by atoms with Gasteiger partial charge in [0.25, 0.3) is 0 Å². The van der Waals surface area contributed by atoms with Crippen LogP contribution in [0.15, 0.2) is 25.0 Å². The van der Waals surface area contributed by atoms with Crippen molar-refractivity contribution in [3.05, 3.63) is 30.6 Å². The molecule has 2 heterocycles. The number of aryl methyl sites for hydroxylation is 1. The monoisotopic (exact) mass is 234 g/mol. The molecule has 0 saturated carbocycles. The van der Waals surface area contributed by atoms with Crippen LogP contribution in [0.5, 0.6) is 0 Å². The molecule has 0 aliphatic rings. The Morgan fingerprint density at radius 2 is 2.24 bits per heavy atom. The summed E-state index contributed by atoms with van der Waals surface area (Å²) in [6.45, 7) is 6.79. The van der Waals surface area contributed by atoms with Crippen LogP contribution < -0.4 is 5.32 Å². The standard InChI is InChI=1S/C11H18N6/c1-10-5-14-17(6-10)7-11(2)13-3-4-16-9-12-8-15-16/h5-6,8-9,11,13H,3-4,7H2,1-2H3/t11-/m1/s1. The summed E-state index contributed by atoms with van der Waals surface area (Å²) in [6.07, 6.45) is 7.21. The van der Waals surface area contributed by atoms with E-state index in [0.29, 0.717) is 6.04 Å². The molecule has 0 fully saturated rings. The number of rotatable bonds is 6. The van der Waals surface area contributed by atoms with Gasteiger partial charge in [-0.15, -0.1) is 0 Å². The maximum absolute atomic E-state index is 4.26. The van der Waals surface area contributed by atoms with Crippen molar-refractivity contribution < 1.29 is 0 Å². The van der Waals surface area contributed by atoms with E-state index in [4.69, 9.17) is 0 Å². The molecule has 0 bridgehead atoms. The molecule has 0 radical (unpaired) electrons. The zero-order valence-corrected chi connectivity index (χ0v) is 10.2. The Labute approximate surface area is 101 Å². The van der Waals surface area contributed by atoms with Crippen LogP contribution in [0.3, 0.4) is 0 Å². The summed E-state index contributed by atoms with van der Waals surface area (Å²) in [4.78, 5) is 3.90. The van der Waals surface area contributed by atoms with Gasteiger partial charge in [-0.05, 0) is 19.4 Å². The highest BCUT2D eigenvalue weighted by Gasteiger charge is 2.03. The third kappa shape index (κ3) is 3.67. The summed E-state index contributed by atoms with van der Waals surface area (Å²) in [5.74, 6) is 0. The summed E-state index contributed by atoms with van der Waals surface area (Å²) in [7, 11) is 0. The van der Waals surface area contributed by atoms with Gasteiger partial charge < -0.3 is 5.32 Å². The van der Waals surface area contributed by atoms with E-state index in [0.717, 1.165) is 19.6 Å². The van der Waals surface area contributed by atoms with E-state index >= 15 is 0 Å². The molecule has 0 unspecified atom stereocenters. The molecule has 0 aliphatic heterocycles. The van der Waals surface area contributed by atoms with Crippen LogP contribution in [0.25, 0.3) is 0 Å². The lowest BCUT2D eigenvalue weighted by atomic mass is 10.3. The lowest BCUT2D eigenvalue weighted by Gasteiger charge is -2.13. The second-order valence-corrected chi connectivity index (χ2v) is 4.25. The molecule has 0 saturated heterocycles. The first-order valence-electron chi connectivity index (χ1n) is 5.79. The van der Waals surface area contributed by atoms with Crippen LogP contribution in [0.4, 0.5) is 0 Å². The minimum atomic E-state index is 0.387. The lowest BCUT2D eigenvalue weighted by molar-refractivity contribution is 0.432. The molecule has 6 heteroatoms. The molecule has 1 N–H and O–H groups in total. The molecule has 0 aromatic carbocycles. The maximum Gasteiger partial charge on any atom is 0.137 e. The van der Waals surface area contributed by atoms with Gasteiger partial charge in [-0.3, -0.25) is 9.36 Å². The number of hydrogen-bond donors (Lipinski definition) is 1. The van der Waals surface area contributed by atoms with Crippen molar-refractivity contribution in [1.29, 1.82) is 0 Å². The number of nitrogens with zero attached hydrogens (tertiary/aromatic N) is 5. The van der Waals surface area contributed by atoms with E-state index in [1.807, 2.05) is 22.5 Å². The second-order valence-electron chi connectivity index (χ2n) is 4.25. The minimum Gasteiger partial charge on any atom is -0.311 e. The average Bonchev–Trinajstić information content (AvgIpc) is 2.90. The van der Waals surface area contributed by atoms with E-state index in [9.17, 15) is 0 Å². The fourth-order valence-corrected chi connectivity index (χ4v) is 1.69. The molecule has 2 aromatic rings. The summed E-state index contributed by atoms with van der Waals surface area (Å²) < 4.78 is 3.78. The van der Waals surface area contributed by atoms with Gasteiger partial charge in [-0.2, -0.15) is 10.2 Å². The van der Waals surface area contributed by atoms with Crippen LogP contribution in [-0.4, -0.2) is 37.1 Å². The largest absolute Gasteiger partial charge is 0.311 e. The Bertz CT molecular complexity index is 433. The topological polar surface area (TPSA) is 60.6 Å². The molecule has 2 rings (SSSR count). The van der Waals surface area contributed by atoms with Crippen LogP contribution in [-0.2, 0) is 13.1 Å². The zero-order chi connectivity index (χ0) is 12.1. The van der Waals surface area contributed by atoms with Crippen LogP contribution in [0.2, 0.25) is 0 Å². The normalized spacial score (nSPS) is 12.8. The Hall–Kier alpha value is -1.69. The van der Waals surface area contributed by atoms with Gasteiger partial charge in [0.2, 0.25) is 0 Å². The SMILES string of the molecule is Cc1cnn(C[C@@H](C)NCCn2cncn2)c1. The molecule has 0 aliphatic carbocycles. The van der Waals surface area contributed by atoms with Gasteiger partial charge in [-0.1, -0.05) is 0 Å². The summed E-state index contributed by atoms with van der Waals surface area (Å²) in [5.41, 5.74) is 1.19. The Morgan fingerprint density at radius 3 is 2.88 bits per heavy atom. The third-order valence-corrected chi connectivity index (χ3v) is 2.52. The fraction of sp³-hybridized carbons (Fsp3) is 0.545. The molecule has 6 nitrogen and oxygen atoms in total. The van der Waals surface area contributed by atoms with E-state index in [1.165, 1.54) is 5.56 Å². The maximum atomic E-state index is 4.26. The van der Waals surface area contributed by atoms with Crippen molar-refractivity contribution in [3.8, 4) is 0 Å². The van der Waals surface area contributed by atoms with Crippen LogP contribution >= 0.6 is 0 Å². The van der Waals surface area contributed by atoms with Crippen LogP contribution in [0, 0.1) is 6.92 Å². The highest BCUT2D eigenvalue weighted by Crippen LogP contribution is 1.96. The predicted octanol–water partition coefficient (Wildman–Crippen LogP) is 0.461. The first-order valence-corrected chi connectivity index (χ1v) is 5.79. The Kier molecular flexibility index (Phi) is 3.87. The highest BCUT2D eigenvalue weighted by atomic mass is 15.3. The van der Waals surface area contributed by atoms with E-state index in [2.05, 4.69) is 33.6 Å². The summed E-state index contributed by atoms with van der Waals surface area (Å²) in [6, 6.07) is 0.387. The Morgan fingerprint density at radius 1 is 1.35 bits per heavy atom. The molecule has 0 spiro atoms. The fourth-order valence-electron chi connectivity index (χ4n) is 1.69. The molecule has 0 amide bonds. The second kappa shape index (κ2) is 5.58. The van der Waals surface area contributed by atoms with Crippen molar-refractivity contribution in [2.45, 2.75) is 33.0 Å². The van der Waals surface area contributed by atoms with Gasteiger partial charge in [0.1, 0.15) is 12.7 Å². The zero-order valence-electron chi connectivity index (χ0n) is 10.2. The van der Waals surface area contributed by atoms with Gasteiger partial charge in [0, 0.05) is 18.8 Å². The quantitative estimate of drug-likeness (QED) is 0.789. The first-order chi connectivity index (χ1) is 8.24. The van der Waals surface area contributed by atoms with Crippen molar-refractivity contribution in [2.24, 2.45) is 0 Å². The minimum absolute atomic E-state index is 0.387. The lowest BCUT2D eigenvalue weighted by Crippen LogP contribution is -2.33. The van der Waals surface area contributed by atoms with Crippen molar-refractivity contribution in [2.75, 3.05) is 6.54 Å². The third-order valence-electron chi connectivity index (χ3n) is 2.52. The van der Waals surface area contributed by atoms with Gasteiger partial charge in [-0.25, -0.2) is 4.98 Å². The molecular formula is C11H18N6. The molecule has 1 atom stereocenters. The smallest absolute Gasteiger partial charge is 0.137 e. The number of hydrogen-bond acceptors (Lipinski definition) is 4. The van der Waals surface area contributed by atoms with Crippen LogP contribution in [0.1, 0.15) is 12.5 Å². The molecular weight excluding hydrogens is 216 g/mol. The Balaban J connectivity index is 1.69. The van der Waals surface area contributed by atoms with Gasteiger partial charge >= 0.3 is 0 Å². The van der Waals surface area contributed by atoms with Crippen molar-refractivity contribution in [3.63, 3.8) is 0 Å². The molecule has 17 heavy (non-hydrogen) atoms. The van der Waals surface area contributed by atoms with E-state index in [1.54, 1.807) is 12.7 Å². The van der Waals surface area contributed by atoms with E-state index in [-0.39, 0.29) is 0 Å². The number of aromatic nitrogens is 5. The highest BCUT2D eigenvalue weighted by molar-refractivity contribution is 4.99. The van der Waals surface area contributed by atoms with Gasteiger partial charge in [0.15, 0.2) is 0 Å². The van der Waals surface area contributed by atoms with Crippen molar-refractivity contribution in [1.82, 2.24) is 29.9 Å². The average molecular weight is 234 g/mol. The summed E-state index contributed by atoms with van der Waals surface area (Å²) in [5, 5.41) is 11.7. The molecule has 92 valence electrons. The van der Waals surface area contributed by atoms with E-state index < -0.39 is 0 Å².